The summed E-state index contributed by atoms with van der Waals surface area (Å²) in [5.41, 5.74) is 0.791. The molecule has 0 aromatic heterocycles. The van der Waals surface area contributed by atoms with E-state index in [1.54, 1.807) is 13.1 Å². The van der Waals surface area contributed by atoms with E-state index in [0.717, 1.165) is 5.56 Å². The molecule has 1 saturated heterocycles. The first-order chi connectivity index (χ1) is 9.80. The highest BCUT2D eigenvalue weighted by atomic mass is 35.5. The van der Waals surface area contributed by atoms with E-state index >= 15 is 0 Å². The number of morpholine rings is 1. The van der Waals surface area contributed by atoms with E-state index < -0.39 is 10.2 Å². The predicted octanol–water partition coefficient (Wildman–Crippen LogP) is 2.13. The third-order valence-electron chi connectivity index (χ3n) is 3.46. The van der Waals surface area contributed by atoms with Crippen LogP contribution in [0.1, 0.15) is 19.4 Å². The molecule has 2 unspecified atom stereocenters. The minimum atomic E-state index is -3.51. The van der Waals surface area contributed by atoms with Crippen LogP contribution in [-0.2, 0) is 21.5 Å². The van der Waals surface area contributed by atoms with E-state index in [1.165, 1.54) is 8.61 Å². The Bertz CT molecular complexity index is 584. The van der Waals surface area contributed by atoms with E-state index in [2.05, 4.69) is 0 Å². The Labute approximate surface area is 131 Å². The Kier molecular flexibility index (Phi) is 5.27. The van der Waals surface area contributed by atoms with Crippen LogP contribution in [0.15, 0.2) is 24.3 Å². The van der Waals surface area contributed by atoms with Crippen LogP contribution in [0.5, 0.6) is 0 Å². The van der Waals surface area contributed by atoms with Gasteiger partial charge >= 0.3 is 0 Å². The van der Waals surface area contributed by atoms with E-state index in [0.29, 0.717) is 18.1 Å². The maximum atomic E-state index is 12.6. The van der Waals surface area contributed by atoms with Crippen molar-refractivity contribution in [1.82, 2.24) is 8.61 Å². The normalized spacial score (nSPS) is 24.4. The largest absolute Gasteiger partial charge is 0.373 e. The zero-order chi connectivity index (χ0) is 15.6. The van der Waals surface area contributed by atoms with Crippen LogP contribution in [0, 0.1) is 0 Å². The molecule has 118 valence electrons. The Balaban J connectivity index is 2.13. The fraction of sp³-hybridized carbons (Fsp3) is 0.571. The molecule has 0 radical (unpaired) electrons. The van der Waals surface area contributed by atoms with Crippen LogP contribution in [0.2, 0.25) is 5.02 Å². The van der Waals surface area contributed by atoms with Gasteiger partial charge in [-0.1, -0.05) is 29.8 Å². The molecule has 21 heavy (non-hydrogen) atoms. The molecule has 0 saturated carbocycles. The molecule has 2 atom stereocenters. The van der Waals surface area contributed by atoms with E-state index in [9.17, 15) is 8.42 Å². The van der Waals surface area contributed by atoms with Crippen LogP contribution in [0.4, 0.5) is 0 Å². The van der Waals surface area contributed by atoms with Gasteiger partial charge in [0.1, 0.15) is 0 Å². The summed E-state index contributed by atoms with van der Waals surface area (Å²) < 4.78 is 33.7. The topological polar surface area (TPSA) is 49.9 Å². The summed E-state index contributed by atoms with van der Waals surface area (Å²) >= 11 is 6.10. The fourth-order valence-corrected chi connectivity index (χ4v) is 4.15. The molecule has 5 nitrogen and oxygen atoms in total. The molecule has 1 aliphatic rings. The van der Waals surface area contributed by atoms with Crippen molar-refractivity contribution in [1.29, 1.82) is 0 Å². The van der Waals surface area contributed by atoms with Crippen molar-refractivity contribution in [3.05, 3.63) is 34.9 Å². The molecule has 0 N–H and O–H groups in total. The lowest BCUT2D eigenvalue weighted by atomic mass is 10.2. The van der Waals surface area contributed by atoms with Gasteiger partial charge in [-0.15, -0.1) is 0 Å². The molecule has 0 spiro atoms. The summed E-state index contributed by atoms with van der Waals surface area (Å²) in [6.45, 7) is 4.76. The van der Waals surface area contributed by atoms with E-state index in [4.69, 9.17) is 16.3 Å². The monoisotopic (exact) mass is 332 g/mol. The van der Waals surface area contributed by atoms with Gasteiger partial charge in [-0.2, -0.15) is 17.0 Å². The summed E-state index contributed by atoms with van der Waals surface area (Å²) in [5, 5.41) is 0.572. The van der Waals surface area contributed by atoms with E-state index in [-0.39, 0.29) is 18.8 Å². The van der Waals surface area contributed by atoms with Crippen molar-refractivity contribution in [3.63, 3.8) is 0 Å². The van der Waals surface area contributed by atoms with Crippen molar-refractivity contribution in [2.45, 2.75) is 32.6 Å². The first kappa shape index (κ1) is 16.7. The standard InChI is InChI=1S/C14H21ClN2O3S/c1-11-8-17(9-12(2)20-11)21(18,19)16(3)10-13-6-4-5-7-14(13)15/h4-7,11-12H,8-10H2,1-3H3. The molecule has 0 bridgehead atoms. The Morgan fingerprint density at radius 1 is 1.29 bits per heavy atom. The third kappa shape index (κ3) is 3.96. The molecule has 0 amide bonds. The van der Waals surface area contributed by atoms with Crippen LogP contribution in [0.25, 0.3) is 0 Å². The number of hydrogen-bond acceptors (Lipinski definition) is 3. The van der Waals surface area contributed by atoms with Crippen LogP contribution < -0.4 is 0 Å². The minimum absolute atomic E-state index is 0.0998. The average molecular weight is 333 g/mol. The van der Waals surface area contributed by atoms with Crippen LogP contribution in [0.3, 0.4) is 0 Å². The lowest BCUT2D eigenvalue weighted by Gasteiger charge is -2.36. The SMILES string of the molecule is CC1CN(S(=O)(=O)N(C)Cc2ccccc2Cl)CC(C)O1. The van der Waals surface area contributed by atoms with Gasteiger partial charge in [0.05, 0.1) is 12.2 Å². The first-order valence-electron chi connectivity index (χ1n) is 6.91. The zero-order valence-corrected chi connectivity index (χ0v) is 14.1. The van der Waals surface area contributed by atoms with Gasteiger partial charge in [-0.3, -0.25) is 0 Å². The molecule has 2 rings (SSSR count). The first-order valence-corrected chi connectivity index (χ1v) is 8.68. The summed E-state index contributed by atoms with van der Waals surface area (Å²) in [5.74, 6) is 0. The summed E-state index contributed by atoms with van der Waals surface area (Å²) in [6, 6.07) is 7.27. The van der Waals surface area contributed by atoms with Gasteiger partial charge in [0.2, 0.25) is 0 Å². The van der Waals surface area contributed by atoms with Crippen LogP contribution in [-0.4, -0.2) is 49.4 Å². The number of hydrogen-bond donors (Lipinski definition) is 0. The highest BCUT2D eigenvalue weighted by Gasteiger charge is 2.33. The molecular weight excluding hydrogens is 312 g/mol. The van der Waals surface area contributed by atoms with Gasteiger partial charge in [-0.25, -0.2) is 0 Å². The number of nitrogens with zero attached hydrogens (tertiary/aromatic N) is 2. The zero-order valence-electron chi connectivity index (χ0n) is 12.5. The summed E-state index contributed by atoms with van der Waals surface area (Å²) in [6.07, 6.45) is -0.200. The molecule has 1 fully saturated rings. The van der Waals surface area contributed by atoms with E-state index in [1.807, 2.05) is 32.0 Å². The molecule has 1 heterocycles. The fourth-order valence-electron chi connectivity index (χ4n) is 2.46. The Hall–Kier alpha value is -0.660. The molecule has 1 aromatic rings. The number of halogens is 1. The van der Waals surface area contributed by atoms with Crippen molar-refractivity contribution in [2.75, 3.05) is 20.1 Å². The molecule has 0 aliphatic carbocycles. The Morgan fingerprint density at radius 2 is 1.86 bits per heavy atom. The highest BCUT2D eigenvalue weighted by molar-refractivity contribution is 7.86. The molecule has 1 aromatic carbocycles. The number of benzene rings is 1. The lowest BCUT2D eigenvalue weighted by Crippen LogP contribution is -2.52. The van der Waals surface area contributed by atoms with Gasteiger partial charge in [-0.05, 0) is 25.5 Å². The second kappa shape index (κ2) is 6.62. The lowest BCUT2D eigenvalue weighted by molar-refractivity contribution is -0.0453. The second-order valence-corrected chi connectivity index (χ2v) is 7.87. The Morgan fingerprint density at radius 3 is 2.43 bits per heavy atom. The van der Waals surface area contributed by atoms with Crippen molar-refractivity contribution < 1.29 is 13.2 Å². The molecule has 7 heteroatoms. The van der Waals surface area contributed by atoms with Gasteiger partial charge in [0, 0.05) is 31.7 Å². The van der Waals surface area contributed by atoms with Crippen LogP contribution >= 0.6 is 11.6 Å². The highest BCUT2D eigenvalue weighted by Crippen LogP contribution is 2.21. The van der Waals surface area contributed by atoms with Gasteiger partial charge in [0.15, 0.2) is 0 Å². The summed E-state index contributed by atoms with van der Waals surface area (Å²) in [4.78, 5) is 0. The maximum Gasteiger partial charge on any atom is 0.282 e. The number of ether oxygens (including phenoxy) is 1. The van der Waals surface area contributed by atoms with Gasteiger partial charge in [0.25, 0.3) is 10.2 Å². The average Bonchev–Trinajstić information content (AvgIpc) is 2.40. The van der Waals surface area contributed by atoms with Crippen molar-refractivity contribution in [2.24, 2.45) is 0 Å². The van der Waals surface area contributed by atoms with Crippen molar-refractivity contribution in [3.8, 4) is 0 Å². The number of rotatable bonds is 4. The maximum absolute atomic E-state index is 12.6. The van der Waals surface area contributed by atoms with Gasteiger partial charge < -0.3 is 4.74 Å². The predicted molar refractivity (Wildman–Crippen MR) is 83.4 cm³/mol. The summed E-state index contributed by atoms with van der Waals surface area (Å²) in [7, 11) is -1.94. The van der Waals surface area contributed by atoms with Crippen molar-refractivity contribution >= 4 is 21.8 Å². The molecule has 1 aliphatic heterocycles. The second-order valence-electron chi connectivity index (χ2n) is 5.43. The third-order valence-corrected chi connectivity index (χ3v) is 5.69. The minimum Gasteiger partial charge on any atom is -0.373 e. The molecular formula is C14H21ClN2O3S. The smallest absolute Gasteiger partial charge is 0.282 e. The quantitative estimate of drug-likeness (QED) is 0.848.